The van der Waals surface area contributed by atoms with Crippen LogP contribution in [0.3, 0.4) is 0 Å². The summed E-state index contributed by atoms with van der Waals surface area (Å²) in [4.78, 5) is 16.6. The quantitative estimate of drug-likeness (QED) is 0.589. The van der Waals surface area contributed by atoms with Crippen LogP contribution in [0.1, 0.15) is 17.3 Å². The zero-order valence-corrected chi connectivity index (χ0v) is 11.5. The van der Waals surface area contributed by atoms with Crippen molar-refractivity contribution in [3.63, 3.8) is 0 Å². The Labute approximate surface area is 121 Å². The summed E-state index contributed by atoms with van der Waals surface area (Å²) in [7, 11) is 0. The van der Waals surface area contributed by atoms with Gasteiger partial charge in [0, 0.05) is 12.6 Å². The lowest BCUT2D eigenvalue weighted by molar-refractivity contribution is -0.605. The molecule has 2 aromatic heterocycles. The summed E-state index contributed by atoms with van der Waals surface area (Å²) >= 11 is 0. The minimum absolute atomic E-state index is 0.294. The van der Waals surface area contributed by atoms with E-state index in [0.29, 0.717) is 22.8 Å². The lowest BCUT2D eigenvalue weighted by Gasteiger charge is -2.07. The highest BCUT2D eigenvalue weighted by atomic mass is 16.5. The summed E-state index contributed by atoms with van der Waals surface area (Å²) in [6.45, 7) is 2.67. The van der Waals surface area contributed by atoms with E-state index in [1.807, 2.05) is 35.8 Å². The van der Waals surface area contributed by atoms with Crippen LogP contribution in [0.5, 0.6) is 0 Å². The van der Waals surface area contributed by atoms with Crippen molar-refractivity contribution in [1.29, 1.82) is 0 Å². The summed E-state index contributed by atoms with van der Waals surface area (Å²) in [6.07, 6.45) is 2.56. The molecular formula is C15H14N4O2. The Morgan fingerprint density at radius 1 is 1.33 bits per heavy atom. The van der Waals surface area contributed by atoms with Crippen LogP contribution in [-0.2, 0) is 6.54 Å². The second-order valence-corrected chi connectivity index (χ2v) is 4.58. The third-order valence-corrected chi connectivity index (χ3v) is 3.23. The van der Waals surface area contributed by atoms with Crippen molar-refractivity contribution < 1.29 is 9.52 Å². The SMILES string of the molecule is CCn1c(NC(=O)c2ccc[n+]([O-])c2)nc2ccccc21. The van der Waals surface area contributed by atoms with E-state index < -0.39 is 0 Å². The maximum Gasteiger partial charge on any atom is 0.264 e. The maximum atomic E-state index is 12.2. The first-order chi connectivity index (χ1) is 10.2. The van der Waals surface area contributed by atoms with Gasteiger partial charge in [-0.2, -0.15) is 4.73 Å². The van der Waals surface area contributed by atoms with E-state index in [-0.39, 0.29) is 5.91 Å². The number of nitrogens with zero attached hydrogens (tertiary/aromatic N) is 3. The molecule has 0 spiro atoms. The zero-order valence-electron chi connectivity index (χ0n) is 11.5. The minimum atomic E-state index is -0.356. The van der Waals surface area contributed by atoms with Crippen molar-refractivity contribution >= 4 is 22.9 Å². The van der Waals surface area contributed by atoms with Crippen LogP contribution in [0, 0.1) is 5.21 Å². The number of benzene rings is 1. The third kappa shape index (κ3) is 2.43. The fourth-order valence-electron chi connectivity index (χ4n) is 2.25. The summed E-state index contributed by atoms with van der Waals surface area (Å²) in [6, 6.07) is 10.8. The Kier molecular flexibility index (Phi) is 3.27. The van der Waals surface area contributed by atoms with Gasteiger partial charge in [0.2, 0.25) is 5.95 Å². The second-order valence-electron chi connectivity index (χ2n) is 4.58. The van der Waals surface area contributed by atoms with E-state index >= 15 is 0 Å². The molecule has 0 aliphatic carbocycles. The summed E-state index contributed by atoms with van der Waals surface area (Å²) in [5, 5.41) is 14.0. The van der Waals surface area contributed by atoms with Crippen LogP contribution >= 0.6 is 0 Å². The van der Waals surface area contributed by atoms with Gasteiger partial charge in [0.1, 0.15) is 5.56 Å². The first-order valence-corrected chi connectivity index (χ1v) is 6.64. The molecule has 2 heterocycles. The number of carbonyl (C=O) groups is 1. The third-order valence-electron chi connectivity index (χ3n) is 3.23. The average Bonchev–Trinajstić information content (AvgIpc) is 2.84. The highest BCUT2D eigenvalue weighted by Gasteiger charge is 2.14. The zero-order chi connectivity index (χ0) is 14.8. The maximum absolute atomic E-state index is 12.2. The number of fused-ring (bicyclic) bond motifs is 1. The molecule has 1 N–H and O–H groups in total. The molecule has 21 heavy (non-hydrogen) atoms. The van der Waals surface area contributed by atoms with Crippen molar-refractivity contribution in [2.75, 3.05) is 5.32 Å². The highest BCUT2D eigenvalue weighted by Crippen LogP contribution is 2.19. The lowest BCUT2D eigenvalue weighted by Crippen LogP contribution is -2.27. The van der Waals surface area contributed by atoms with Crippen LogP contribution < -0.4 is 10.0 Å². The van der Waals surface area contributed by atoms with Crippen molar-refractivity contribution in [2.24, 2.45) is 0 Å². The highest BCUT2D eigenvalue weighted by molar-refractivity contribution is 6.03. The average molecular weight is 282 g/mol. The normalized spacial score (nSPS) is 10.7. The Morgan fingerprint density at radius 3 is 2.90 bits per heavy atom. The first-order valence-electron chi connectivity index (χ1n) is 6.64. The standard InChI is InChI=1S/C15H14N4O2/c1-2-19-13-8-4-3-7-12(13)16-15(19)17-14(20)11-6-5-9-18(21)10-11/h3-10H,2H2,1H3,(H,16,17,20). The molecule has 1 aromatic carbocycles. The predicted molar refractivity (Wildman–Crippen MR) is 78.8 cm³/mol. The molecule has 0 aliphatic rings. The van der Waals surface area contributed by atoms with E-state index in [2.05, 4.69) is 10.3 Å². The molecule has 0 saturated heterocycles. The fraction of sp³-hybridized carbons (Fsp3) is 0.133. The van der Waals surface area contributed by atoms with Crippen LogP contribution in [0.15, 0.2) is 48.8 Å². The number of aromatic nitrogens is 3. The summed E-state index contributed by atoms with van der Waals surface area (Å²) in [5.74, 6) is 0.121. The number of rotatable bonds is 3. The van der Waals surface area contributed by atoms with E-state index in [0.717, 1.165) is 11.0 Å². The Balaban J connectivity index is 1.96. The Hall–Kier alpha value is -2.89. The van der Waals surface area contributed by atoms with Gasteiger partial charge in [-0.15, -0.1) is 0 Å². The van der Waals surface area contributed by atoms with Crippen LogP contribution in [-0.4, -0.2) is 15.5 Å². The molecule has 0 atom stereocenters. The summed E-state index contributed by atoms with van der Waals surface area (Å²) < 4.78 is 2.51. The second kappa shape index (κ2) is 5.24. The smallest absolute Gasteiger partial charge is 0.264 e. The molecule has 1 amide bonds. The number of para-hydroxylation sites is 2. The Bertz CT molecular complexity index is 810. The van der Waals surface area contributed by atoms with Gasteiger partial charge in [-0.1, -0.05) is 12.1 Å². The minimum Gasteiger partial charge on any atom is -0.619 e. The molecule has 0 unspecified atom stereocenters. The van der Waals surface area contributed by atoms with Crippen LogP contribution in [0.2, 0.25) is 0 Å². The van der Waals surface area contributed by atoms with Gasteiger partial charge in [0.05, 0.1) is 11.0 Å². The molecular weight excluding hydrogens is 268 g/mol. The molecule has 0 aliphatic heterocycles. The van der Waals surface area contributed by atoms with Crippen molar-refractivity contribution in [1.82, 2.24) is 9.55 Å². The molecule has 0 radical (unpaired) electrons. The van der Waals surface area contributed by atoms with Gasteiger partial charge in [-0.05, 0) is 25.1 Å². The van der Waals surface area contributed by atoms with Gasteiger partial charge in [-0.25, -0.2) is 4.98 Å². The number of anilines is 1. The molecule has 3 aromatic rings. The molecule has 106 valence electrons. The van der Waals surface area contributed by atoms with Gasteiger partial charge in [-0.3, -0.25) is 10.1 Å². The van der Waals surface area contributed by atoms with E-state index in [9.17, 15) is 10.0 Å². The molecule has 6 nitrogen and oxygen atoms in total. The number of nitrogens with one attached hydrogen (secondary N) is 1. The van der Waals surface area contributed by atoms with Gasteiger partial charge in [0.15, 0.2) is 12.4 Å². The van der Waals surface area contributed by atoms with Crippen molar-refractivity contribution in [2.45, 2.75) is 13.5 Å². The van der Waals surface area contributed by atoms with E-state index in [1.54, 1.807) is 6.07 Å². The largest absolute Gasteiger partial charge is 0.619 e. The van der Waals surface area contributed by atoms with Crippen LogP contribution in [0.25, 0.3) is 11.0 Å². The van der Waals surface area contributed by atoms with E-state index in [4.69, 9.17) is 0 Å². The first kappa shape index (κ1) is 13.1. The van der Waals surface area contributed by atoms with Crippen molar-refractivity contribution in [3.8, 4) is 0 Å². The number of hydrogen-bond acceptors (Lipinski definition) is 3. The number of amides is 1. The summed E-state index contributed by atoms with van der Waals surface area (Å²) in [5.41, 5.74) is 2.08. The van der Waals surface area contributed by atoms with Gasteiger partial charge >= 0.3 is 0 Å². The molecule has 0 saturated carbocycles. The van der Waals surface area contributed by atoms with Crippen molar-refractivity contribution in [3.05, 3.63) is 59.6 Å². The fourth-order valence-corrected chi connectivity index (χ4v) is 2.25. The molecule has 3 rings (SSSR count). The Morgan fingerprint density at radius 2 is 2.14 bits per heavy atom. The van der Waals surface area contributed by atoms with Crippen LogP contribution in [0.4, 0.5) is 5.95 Å². The molecule has 0 bridgehead atoms. The lowest BCUT2D eigenvalue weighted by atomic mass is 10.3. The number of aryl methyl sites for hydroxylation is 1. The monoisotopic (exact) mass is 282 g/mol. The number of carbonyl (C=O) groups excluding carboxylic acids is 1. The van der Waals surface area contributed by atoms with Gasteiger partial charge < -0.3 is 9.77 Å². The topological polar surface area (TPSA) is 73.9 Å². The number of imidazole rings is 1. The molecule has 6 heteroatoms. The number of hydrogen-bond donors (Lipinski definition) is 1. The predicted octanol–water partition coefficient (Wildman–Crippen LogP) is 1.94. The molecule has 0 fully saturated rings. The number of pyridine rings is 1. The van der Waals surface area contributed by atoms with E-state index in [1.165, 1.54) is 18.5 Å². The van der Waals surface area contributed by atoms with Gasteiger partial charge in [0.25, 0.3) is 5.91 Å².